The van der Waals surface area contributed by atoms with E-state index in [2.05, 4.69) is 11.4 Å². The highest BCUT2D eigenvalue weighted by atomic mass is 32.2. The maximum Gasteiger partial charge on any atom is 0.238 e. The molecule has 114 valence electrons. The van der Waals surface area contributed by atoms with Crippen molar-refractivity contribution in [2.75, 3.05) is 18.1 Å². The SMILES string of the molecule is Cc1ccc(C2NCC(=O)N2C2CCS(=O)(=O)C2)c(C)c1. The van der Waals surface area contributed by atoms with Gasteiger partial charge >= 0.3 is 0 Å². The second kappa shape index (κ2) is 5.10. The lowest BCUT2D eigenvalue weighted by Gasteiger charge is -2.30. The number of rotatable bonds is 2. The number of hydrogen-bond donors (Lipinski definition) is 1. The van der Waals surface area contributed by atoms with E-state index in [0.717, 1.165) is 11.1 Å². The van der Waals surface area contributed by atoms with Gasteiger partial charge in [0, 0.05) is 6.04 Å². The Morgan fingerprint density at radius 1 is 1.29 bits per heavy atom. The van der Waals surface area contributed by atoms with Crippen molar-refractivity contribution in [2.24, 2.45) is 0 Å². The van der Waals surface area contributed by atoms with Crippen molar-refractivity contribution < 1.29 is 13.2 Å². The summed E-state index contributed by atoms with van der Waals surface area (Å²) in [7, 11) is -3.00. The topological polar surface area (TPSA) is 66.5 Å². The number of carbonyl (C=O) groups is 1. The minimum absolute atomic E-state index is 0.0120. The highest BCUT2D eigenvalue weighted by Crippen LogP contribution is 2.31. The van der Waals surface area contributed by atoms with Crippen LogP contribution in [0.3, 0.4) is 0 Å². The molecule has 1 aromatic carbocycles. The van der Waals surface area contributed by atoms with E-state index in [1.54, 1.807) is 4.90 Å². The van der Waals surface area contributed by atoms with E-state index in [4.69, 9.17) is 0 Å². The maximum absolute atomic E-state index is 12.2. The van der Waals surface area contributed by atoms with Crippen molar-refractivity contribution in [1.29, 1.82) is 0 Å². The van der Waals surface area contributed by atoms with Crippen molar-refractivity contribution in [2.45, 2.75) is 32.5 Å². The lowest BCUT2D eigenvalue weighted by atomic mass is 10.0. The Morgan fingerprint density at radius 3 is 2.67 bits per heavy atom. The van der Waals surface area contributed by atoms with Crippen molar-refractivity contribution in [3.8, 4) is 0 Å². The molecule has 0 saturated carbocycles. The van der Waals surface area contributed by atoms with Crippen molar-refractivity contribution in [3.05, 3.63) is 34.9 Å². The van der Waals surface area contributed by atoms with Crippen LogP contribution in [0.5, 0.6) is 0 Å². The van der Waals surface area contributed by atoms with E-state index in [1.165, 1.54) is 5.56 Å². The Morgan fingerprint density at radius 2 is 2.05 bits per heavy atom. The molecular weight excluding hydrogens is 288 g/mol. The molecule has 1 N–H and O–H groups in total. The lowest BCUT2D eigenvalue weighted by molar-refractivity contribution is -0.129. The molecule has 0 spiro atoms. The molecule has 2 heterocycles. The van der Waals surface area contributed by atoms with Crippen LogP contribution >= 0.6 is 0 Å². The number of sulfone groups is 1. The van der Waals surface area contributed by atoms with Gasteiger partial charge in [0.1, 0.15) is 6.17 Å². The number of benzene rings is 1. The van der Waals surface area contributed by atoms with E-state index in [9.17, 15) is 13.2 Å². The van der Waals surface area contributed by atoms with E-state index in [0.29, 0.717) is 6.42 Å². The third kappa shape index (κ3) is 2.70. The first-order chi connectivity index (χ1) is 9.87. The number of nitrogens with one attached hydrogen (secondary N) is 1. The summed E-state index contributed by atoms with van der Waals surface area (Å²) in [5.74, 6) is 0.255. The van der Waals surface area contributed by atoms with Crippen molar-refractivity contribution in [1.82, 2.24) is 10.2 Å². The summed E-state index contributed by atoms with van der Waals surface area (Å²) in [6, 6.07) is 5.93. The summed E-state index contributed by atoms with van der Waals surface area (Å²) in [5.41, 5.74) is 3.35. The van der Waals surface area contributed by atoms with Crippen LogP contribution in [0.1, 0.15) is 29.3 Å². The molecule has 2 aliphatic rings. The van der Waals surface area contributed by atoms with Crippen LogP contribution in [0.4, 0.5) is 0 Å². The van der Waals surface area contributed by atoms with Gasteiger partial charge in [0.05, 0.1) is 18.1 Å². The molecular formula is C15H20N2O3S. The van der Waals surface area contributed by atoms with E-state index >= 15 is 0 Å². The highest BCUT2D eigenvalue weighted by molar-refractivity contribution is 7.91. The fourth-order valence-electron chi connectivity index (χ4n) is 3.32. The Kier molecular flexibility index (Phi) is 3.53. The van der Waals surface area contributed by atoms with Gasteiger partial charge in [0.2, 0.25) is 5.91 Å². The summed E-state index contributed by atoms with van der Waals surface area (Å²) in [5, 5.41) is 3.22. The maximum atomic E-state index is 12.2. The highest BCUT2D eigenvalue weighted by Gasteiger charge is 2.42. The molecule has 2 fully saturated rings. The second-order valence-corrected chi connectivity index (χ2v) is 8.23. The Hall–Kier alpha value is -1.40. The van der Waals surface area contributed by atoms with Gasteiger partial charge in [-0.2, -0.15) is 0 Å². The normalized spacial score (nSPS) is 28.3. The molecule has 3 rings (SSSR count). The molecule has 0 radical (unpaired) electrons. The fourth-order valence-corrected chi connectivity index (χ4v) is 5.03. The third-order valence-corrected chi connectivity index (χ3v) is 6.08. The van der Waals surface area contributed by atoms with Gasteiger partial charge in [0.15, 0.2) is 9.84 Å². The number of nitrogens with zero attached hydrogens (tertiary/aromatic N) is 1. The summed E-state index contributed by atoms with van der Waals surface area (Å²) in [4.78, 5) is 13.9. The van der Waals surface area contributed by atoms with Gasteiger partial charge in [-0.1, -0.05) is 23.8 Å². The smallest absolute Gasteiger partial charge is 0.238 e. The molecule has 2 unspecified atom stereocenters. The monoisotopic (exact) mass is 308 g/mol. The van der Waals surface area contributed by atoms with Crippen LogP contribution in [0.2, 0.25) is 0 Å². The molecule has 2 aliphatic heterocycles. The number of hydrogen-bond acceptors (Lipinski definition) is 4. The Balaban J connectivity index is 1.93. The van der Waals surface area contributed by atoms with Gasteiger partial charge in [0.25, 0.3) is 0 Å². The van der Waals surface area contributed by atoms with Gasteiger partial charge in [-0.3, -0.25) is 10.1 Å². The van der Waals surface area contributed by atoms with Crippen LogP contribution in [0.15, 0.2) is 18.2 Å². The zero-order valence-corrected chi connectivity index (χ0v) is 13.1. The lowest BCUT2D eigenvalue weighted by Crippen LogP contribution is -2.40. The quantitative estimate of drug-likeness (QED) is 0.882. The number of amides is 1. The summed E-state index contributed by atoms with van der Waals surface area (Å²) < 4.78 is 23.4. The largest absolute Gasteiger partial charge is 0.318 e. The van der Waals surface area contributed by atoms with Crippen molar-refractivity contribution >= 4 is 15.7 Å². The van der Waals surface area contributed by atoms with Crippen LogP contribution in [0, 0.1) is 13.8 Å². The number of carbonyl (C=O) groups excluding carboxylic acids is 1. The van der Waals surface area contributed by atoms with Gasteiger partial charge in [-0.05, 0) is 31.4 Å². The molecule has 1 aromatic rings. The van der Waals surface area contributed by atoms with Crippen LogP contribution in [-0.2, 0) is 14.6 Å². The molecule has 2 saturated heterocycles. The molecule has 5 nitrogen and oxygen atoms in total. The second-order valence-electron chi connectivity index (χ2n) is 6.00. The minimum Gasteiger partial charge on any atom is -0.318 e. The average Bonchev–Trinajstić information content (AvgIpc) is 2.92. The van der Waals surface area contributed by atoms with E-state index in [1.807, 2.05) is 26.0 Å². The first kappa shape index (κ1) is 14.5. The average molecular weight is 308 g/mol. The molecule has 21 heavy (non-hydrogen) atoms. The molecule has 0 bridgehead atoms. The molecule has 2 atom stereocenters. The van der Waals surface area contributed by atoms with E-state index in [-0.39, 0.29) is 36.2 Å². The van der Waals surface area contributed by atoms with Crippen molar-refractivity contribution in [3.63, 3.8) is 0 Å². The summed E-state index contributed by atoms with van der Waals surface area (Å²) >= 11 is 0. The predicted molar refractivity (Wildman–Crippen MR) is 80.6 cm³/mol. The van der Waals surface area contributed by atoms with Gasteiger partial charge in [-0.25, -0.2) is 8.42 Å². The molecule has 1 amide bonds. The first-order valence-electron chi connectivity index (χ1n) is 7.19. The van der Waals surface area contributed by atoms with Gasteiger partial charge < -0.3 is 4.90 Å². The first-order valence-corrected chi connectivity index (χ1v) is 9.02. The van der Waals surface area contributed by atoms with Crippen LogP contribution < -0.4 is 5.32 Å². The fraction of sp³-hybridized carbons (Fsp3) is 0.533. The Bertz CT molecular complexity index is 684. The predicted octanol–water partition coefficient (Wildman–Crippen LogP) is 0.921. The summed E-state index contributed by atoms with van der Waals surface area (Å²) in [6.07, 6.45) is 0.327. The minimum atomic E-state index is -3.00. The summed E-state index contributed by atoms with van der Waals surface area (Å²) in [6.45, 7) is 4.33. The zero-order valence-electron chi connectivity index (χ0n) is 12.3. The van der Waals surface area contributed by atoms with Gasteiger partial charge in [-0.15, -0.1) is 0 Å². The van der Waals surface area contributed by atoms with Crippen LogP contribution in [0.25, 0.3) is 0 Å². The number of aryl methyl sites for hydroxylation is 2. The van der Waals surface area contributed by atoms with E-state index < -0.39 is 9.84 Å². The third-order valence-electron chi connectivity index (χ3n) is 4.33. The molecule has 6 heteroatoms. The molecule has 0 aliphatic carbocycles. The standard InChI is InChI=1S/C15H20N2O3S/c1-10-3-4-13(11(2)7-10)15-16-8-14(18)17(15)12-5-6-21(19,20)9-12/h3-4,7,12,15-16H,5-6,8-9H2,1-2H3. The van der Waals surface area contributed by atoms with Crippen LogP contribution in [-0.4, -0.2) is 43.3 Å². The molecule has 0 aromatic heterocycles. The zero-order chi connectivity index (χ0) is 15.2. The Labute approximate surface area is 125 Å².